The van der Waals surface area contributed by atoms with Crippen molar-refractivity contribution in [2.45, 2.75) is 25.3 Å². The molecule has 2 aromatic carbocycles. The minimum absolute atomic E-state index is 0.167. The van der Waals surface area contributed by atoms with Crippen LogP contribution in [-0.2, 0) is 12.8 Å². The van der Waals surface area contributed by atoms with Gasteiger partial charge in [0.15, 0.2) is 0 Å². The Morgan fingerprint density at radius 1 is 0.857 bits per heavy atom. The van der Waals surface area contributed by atoms with Crippen molar-refractivity contribution in [2.24, 2.45) is 5.73 Å². The molecule has 0 amide bonds. The van der Waals surface area contributed by atoms with Crippen LogP contribution in [0.1, 0.15) is 34.7 Å². The van der Waals surface area contributed by atoms with Crippen molar-refractivity contribution in [3.8, 4) is 11.5 Å². The Balaban J connectivity index is 1.96. The molecule has 1 aliphatic rings. The second-order valence-electron chi connectivity index (χ2n) is 5.51. The summed E-state index contributed by atoms with van der Waals surface area (Å²) in [7, 11) is 3.30. The predicted octanol–water partition coefficient (Wildman–Crippen LogP) is 3.24. The van der Waals surface area contributed by atoms with Crippen LogP contribution < -0.4 is 15.2 Å². The van der Waals surface area contributed by atoms with Crippen LogP contribution in [0.5, 0.6) is 11.5 Å². The zero-order valence-corrected chi connectivity index (χ0v) is 12.6. The summed E-state index contributed by atoms with van der Waals surface area (Å²) in [5, 5.41) is 0. The first kappa shape index (κ1) is 14.0. The SMILES string of the molecule is COc1cc(OC)cc(C(N)c2ccc3c(c2)CCC3)c1. The fourth-order valence-electron chi connectivity index (χ4n) is 2.99. The minimum atomic E-state index is -0.167. The standard InChI is InChI=1S/C18H21NO2/c1-20-16-9-15(10-17(11-16)21-2)18(19)14-7-6-12-4-3-5-13(12)8-14/h6-11,18H,3-5,19H2,1-2H3. The molecule has 0 radical (unpaired) electrons. The summed E-state index contributed by atoms with van der Waals surface area (Å²) in [4.78, 5) is 0. The van der Waals surface area contributed by atoms with Crippen LogP contribution in [0, 0.1) is 0 Å². The van der Waals surface area contributed by atoms with Gasteiger partial charge >= 0.3 is 0 Å². The molecule has 3 nitrogen and oxygen atoms in total. The van der Waals surface area contributed by atoms with Crippen molar-refractivity contribution < 1.29 is 9.47 Å². The molecule has 3 heteroatoms. The molecule has 0 bridgehead atoms. The summed E-state index contributed by atoms with van der Waals surface area (Å²) < 4.78 is 10.6. The first-order valence-electron chi connectivity index (χ1n) is 7.31. The Morgan fingerprint density at radius 3 is 2.19 bits per heavy atom. The summed E-state index contributed by atoms with van der Waals surface area (Å²) in [6, 6.07) is 12.2. The molecule has 1 unspecified atom stereocenters. The maximum absolute atomic E-state index is 6.45. The van der Waals surface area contributed by atoms with Crippen molar-refractivity contribution in [3.63, 3.8) is 0 Å². The molecule has 0 fully saturated rings. The van der Waals surface area contributed by atoms with Gasteiger partial charge in [0.1, 0.15) is 11.5 Å². The number of fused-ring (bicyclic) bond motifs is 1. The van der Waals surface area contributed by atoms with Crippen molar-refractivity contribution in [1.82, 2.24) is 0 Å². The quantitative estimate of drug-likeness (QED) is 0.937. The summed E-state index contributed by atoms with van der Waals surface area (Å²) >= 11 is 0. The van der Waals surface area contributed by atoms with E-state index in [0.717, 1.165) is 29.0 Å². The van der Waals surface area contributed by atoms with Crippen LogP contribution in [0.2, 0.25) is 0 Å². The van der Waals surface area contributed by atoms with E-state index >= 15 is 0 Å². The van der Waals surface area contributed by atoms with Gasteiger partial charge in [-0.05, 0) is 53.6 Å². The highest BCUT2D eigenvalue weighted by molar-refractivity contribution is 5.45. The molecule has 3 rings (SSSR count). The molecule has 2 N–H and O–H groups in total. The molecule has 0 saturated heterocycles. The smallest absolute Gasteiger partial charge is 0.122 e. The van der Waals surface area contributed by atoms with E-state index in [1.54, 1.807) is 14.2 Å². The van der Waals surface area contributed by atoms with Gasteiger partial charge in [0.25, 0.3) is 0 Å². The van der Waals surface area contributed by atoms with Crippen molar-refractivity contribution in [3.05, 3.63) is 58.7 Å². The Bertz CT molecular complexity index is 629. The van der Waals surface area contributed by atoms with Gasteiger partial charge in [-0.15, -0.1) is 0 Å². The number of methoxy groups -OCH3 is 2. The Morgan fingerprint density at radius 2 is 1.52 bits per heavy atom. The van der Waals surface area contributed by atoms with Crippen LogP contribution in [0.3, 0.4) is 0 Å². The van der Waals surface area contributed by atoms with Crippen molar-refractivity contribution in [1.29, 1.82) is 0 Å². The number of rotatable bonds is 4. The summed E-state index contributed by atoms with van der Waals surface area (Å²) in [6.07, 6.45) is 3.61. The van der Waals surface area contributed by atoms with Gasteiger partial charge < -0.3 is 15.2 Å². The molecular weight excluding hydrogens is 262 g/mol. The average Bonchev–Trinajstić information content (AvgIpc) is 3.01. The molecule has 0 aromatic heterocycles. The lowest BCUT2D eigenvalue weighted by molar-refractivity contribution is 0.393. The van der Waals surface area contributed by atoms with Crippen LogP contribution in [-0.4, -0.2) is 14.2 Å². The van der Waals surface area contributed by atoms with E-state index in [1.807, 2.05) is 18.2 Å². The molecule has 0 aliphatic heterocycles. The molecule has 0 spiro atoms. The van der Waals surface area contributed by atoms with E-state index < -0.39 is 0 Å². The molecule has 2 aromatic rings. The number of nitrogens with two attached hydrogens (primary N) is 1. The lowest BCUT2D eigenvalue weighted by Gasteiger charge is -2.16. The molecule has 21 heavy (non-hydrogen) atoms. The van der Waals surface area contributed by atoms with E-state index in [2.05, 4.69) is 18.2 Å². The first-order valence-corrected chi connectivity index (χ1v) is 7.31. The van der Waals surface area contributed by atoms with Gasteiger partial charge in [-0.25, -0.2) is 0 Å². The molecule has 110 valence electrons. The molecule has 0 heterocycles. The number of ether oxygens (including phenoxy) is 2. The van der Waals surface area contributed by atoms with E-state index in [0.29, 0.717) is 0 Å². The van der Waals surface area contributed by atoms with E-state index in [1.165, 1.54) is 24.0 Å². The van der Waals surface area contributed by atoms with Crippen LogP contribution in [0.25, 0.3) is 0 Å². The third kappa shape index (κ3) is 2.74. The monoisotopic (exact) mass is 283 g/mol. The fraction of sp³-hybridized carbons (Fsp3) is 0.333. The zero-order valence-electron chi connectivity index (χ0n) is 12.6. The molecule has 1 aliphatic carbocycles. The zero-order chi connectivity index (χ0) is 14.8. The van der Waals surface area contributed by atoms with Gasteiger partial charge in [-0.1, -0.05) is 18.2 Å². The predicted molar refractivity (Wildman–Crippen MR) is 84.0 cm³/mol. The van der Waals surface area contributed by atoms with Gasteiger partial charge in [0, 0.05) is 6.07 Å². The Labute approximate surface area is 125 Å². The van der Waals surface area contributed by atoms with Crippen LogP contribution in [0.4, 0.5) is 0 Å². The maximum Gasteiger partial charge on any atom is 0.122 e. The number of hydrogen-bond donors (Lipinski definition) is 1. The fourth-order valence-corrected chi connectivity index (χ4v) is 2.99. The average molecular weight is 283 g/mol. The highest BCUT2D eigenvalue weighted by atomic mass is 16.5. The van der Waals surface area contributed by atoms with E-state index in [-0.39, 0.29) is 6.04 Å². The summed E-state index contributed by atoms with van der Waals surface area (Å²) in [6.45, 7) is 0. The highest BCUT2D eigenvalue weighted by Crippen LogP contribution is 2.31. The number of hydrogen-bond acceptors (Lipinski definition) is 3. The normalized spacial score (nSPS) is 14.6. The van der Waals surface area contributed by atoms with Crippen LogP contribution >= 0.6 is 0 Å². The number of aryl methyl sites for hydroxylation is 2. The largest absolute Gasteiger partial charge is 0.497 e. The maximum atomic E-state index is 6.45. The Hall–Kier alpha value is -2.00. The molecule has 1 atom stereocenters. The first-order chi connectivity index (χ1) is 10.2. The third-order valence-corrected chi connectivity index (χ3v) is 4.21. The van der Waals surface area contributed by atoms with Crippen molar-refractivity contribution in [2.75, 3.05) is 14.2 Å². The van der Waals surface area contributed by atoms with Crippen LogP contribution in [0.15, 0.2) is 36.4 Å². The van der Waals surface area contributed by atoms with Gasteiger partial charge in [0.2, 0.25) is 0 Å². The minimum Gasteiger partial charge on any atom is -0.497 e. The second kappa shape index (κ2) is 5.78. The van der Waals surface area contributed by atoms with Gasteiger partial charge in [-0.3, -0.25) is 0 Å². The molecular formula is C18H21NO2. The topological polar surface area (TPSA) is 44.5 Å². The number of benzene rings is 2. The highest BCUT2D eigenvalue weighted by Gasteiger charge is 2.16. The van der Waals surface area contributed by atoms with E-state index in [9.17, 15) is 0 Å². The van der Waals surface area contributed by atoms with E-state index in [4.69, 9.17) is 15.2 Å². The van der Waals surface area contributed by atoms with Gasteiger partial charge in [0.05, 0.1) is 20.3 Å². The second-order valence-corrected chi connectivity index (χ2v) is 5.51. The van der Waals surface area contributed by atoms with Crippen molar-refractivity contribution >= 4 is 0 Å². The molecule has 0 saturated carbocycles. The summed E-state index contributed by atoms with van der Waals surface area (Å²) in [5.41, 5.74) is 11.5. The van der Waals surface area contributed by atoms with Gasteiger partial charge in [-0.2, -0.15) is 0 Å². The lowest BCUT2D eigenvalue weighted by atomic mass is 9.96. The third-order valence-electron chi connectivity index (χ3n) is 4.21. The summed E-state index contributed by atoms with van der Waals surface area (Å²) in [5.74, 6) is 1.53. The Kier molecular flexibility index (Phi) is 3.84. The lowest BCUT2D eigenvalue weighted by Crippen LogP contribution is -2.12.